The van der Waals surface area contributed by atoms with E-state index in [2.05, 4.69) is 5.32 Å². The number of hydrogen-bond donors (Lipinski definition) is 2. The van der Waals surface area contributed by atoms with Gasteiger partial charge in [0.15, 0.2) is 0 Å². The van der Waals surface area contributed by atoms with Gasteiger partial charge in [0.2, 0.25) is 11.8 Å². The predicted octanol–water partition coefficient (Wildman–Crippen LogP) is 2.30. The highest BCUT2D eigenvalue weighted by atomic mass is 16.6. The number of nitrogens with one attached hydrogen (secondary N) is 1. The number of nitro groups is 1. The monoisotopic (exact) mass is 392 g/mol. The van der Waals surface area contributed by atoms with Crippen LogP contribution in [0.3, 0.4) is 0 Å². The number of methoxy groups -OCH3 is 1. The van der Waals surface area contributed by atoms with Crippen LogP contribution in [0.1, 0.15) is 38.5 Å². The van der Waals surface area contributed by atoms with E-state index in [0.717, 1.165) is 6.42 Å². The zero-order valence-corrected chi connectivity index (χ0v) is 16.2. The summed E-state index contributed by atoms with van der Waals surface area (Å²) in [5.41, 5.74) is 5.54. The molecule has 2 rings (SSSR count). The molecule has 0 heterocycles. The van der Waals surface area contributed by atoms with Crippen molar-refractivity contribution >= 4 is 23.2 Å². The number of rotatable bonds is 10. The number of carbonyl (C=O) groups is 2. The summed E-state index contributed by atoms with van der Waals surface area (Å²) < 4.78 is 5.13. The van der Waals surface area contributed by atoms with Crippen LogP contribution in [0, 0.1) is 16.0 Å². The number of nitrogens with zero attached hydrogens (tertiary/aromatic N) is 2. The maximum atomic E-state index is 12.4. The Hall–Kier alpha value is -2.68. The molecule has 0 unspecified atom stereocenters. The third-order valence-corrected chi connectivity index (χ3v) is 4.99. The van der Waals surface area contributed by atoms with Gasteiger partial charge in [0.1, 0.15) is 5.75 Å². The van der Waals surface area contributed by atoms with Gasteiger partial charge in [0.05, 0.1) is 36.9 Å². The van der Waals surface area contributed by atoms with Gasteiger partial charge in [0, 0.05) is 6.07 Å². The topological polar surface area (TPSA) is 128 Å². The number of nitrogens with two attached hydrogens (primary N) is 1. The van der Waals surface area contributed by atoms with E-state index in [-0.39, 0.29) is 30.4 Å². The predicted molar refractivity (Wildman–Crippen MR) is 105 cm³/mol. The lowest BCUT2D eigenvalue weighted by atomic mass is 9.87. The molecule has 9 heteroatoms. The summed E-state index contributed by atoms with van der Waals surface area (Å²) in [4.78, 5) is 35.9. The molecule has 0 aromatic heterocycles. The van der Waals surface area contributed by atoms with Crippen LogP contribution in [0.5, 0.6) is 5.75 Å². The number of ether oxygens (including phenoxy) is 1. The van der Waals surface area contributed by atoms with E-state index in [1.165, 1.54) is 57.4 Å². The van der Waals surface area contributed by atoms with Crippen molar-refractivity contribution < 1.29 is 19.2 Å². The second kappa shape index (κ2) is 10.6. The molecule has 28 heavy (non-hydrogen) atoms. The highest BCUT2D eigenvalue weighted by Gasteiger charge is 2.19. The van der Waals surface area contributed by atoms with E-state index >= 15 is 0 Å². The van der Waals surface area contributed by atoms with Crippen LogP contribution in [0.4, 0.5) is 11.4 Å². The molecule has 1 aromatic carbocycles. The van der Waals surface area contributed by atoms with E-state index in [9.17, 15) is 19.7 Å². The molecule has 1 saturated carbocycles. The van der Waals surface area contributed by atoms with Gasteiger partial charge in [-0.25, -0.2) is 0 Å². The van der Waals surface area contributed by atoms with Crippen LogP contribution in [0.25, 0.3) is 0 Å². The zero-order chi connectivity index (χ0) is 20.5. The van der Waals surface area contributed by atoms with Crippen LogP contribution in [-0.4, -0.2) is 48.4 Å². The summed E-state index contributed by atoms with van der Waals surface area (Å²) in [5.74, 6) is 0.00886. The van der Waals surface area contributed by atoms with E-state index < -0.39 is 10.8 Å². The van der Waals surface area contributed by atoms with Gasteiger partial charge in [-0.1, -0.05) is 32.1 Å². The molecule has 1 aromatic rings. The Morgan fingerprint density at radius 2 is 2.00 bits per heavy atom. The van der Waals surface area contributed by atoms with Gasteiger partial charge in [-0.2, -0.15) is 0 Å². The lowest BCUT2D eigenvalue weighted by molar-refractivity contribution is -0.384. The minimum absolute atomic E-state index is 0.00972. The summed E-state index contributed by atoms with van der Waals surface area (Å²) in [6, 6.07) is 3.97. The van der Waals surface area contributed by atoms with Crippen molar-refractivity contribution in [3.05, 3.63) is 28.3 Å². The second-order valence-corrected chi connectivity index (χ2v) is 7.16. The third-order valence-electron chi connectivity index (χ3n) is 4.99. The number of primary amides is 1. The average Bonchev–Trinajstić information content (AvgIpc) is 2.66. The molecule has 0 spiro atoms. The number of non-ortho nitro benzene ring substituents is 1. The summed E-state index contributed by atoms with van der Waals surface area (Å²) in [6.45, 7) is 0.645. The number of carbonyl (C=O) groups excluding carboxylic acids is 2. The summed E-state index contributed by atoms with van der Waals surface area (Å²) in [7, 11) is 1.37. The Morgan fingerprint density at radius 1 is 1.29 bits per heavy atom. The fourth-order valence-electron chi connectivity index (χ4n) is 3.56. The molecule has 0 saturated heterocycles. The Bertz CT molecular complexity index is 704. The smallest absolute Gasteiger partial charge is 0.273 e. The molecule has 1 aliphatic carbocycles. The summed E-state index contributed by atoms with van der Waals surface area (Å²) in [6.07, 6.45) is 7.07. The molecular formula is C19H28N4O5. The molecular weight excluding hydrogens is 364 g/mol. The van der Waals surface area contributed by atoms with Gasteiger partial charge in [-0.15, -0.1) is 0 Å². The highest BCUT2D eigenvalue weighted by Crippen LogP contribution is 2.29. The number of nitro benzene ring substituents is 1. The Morgan fingerprint density at radius 3 is 2.61 bits per heavy atom. The lowest BCUT2D eigenvalue weighted by Gasteiger charge is -2.26. The third kappa shape index (κ3) is 6.80. The first-order chi connectivity index (χ1) is 13.4. The van der Waals surface area contributed by atoms with E-state index in [1.54, 1.807) is 4.90 Å². The van der Waals surface area contributed by atoms with Crippen LogP contribution < -0.4 is 15.8 Å². The van der Waals surface area contributed by atoms with Gasteiger partial charge in [-0.05, 0) is 24.9 Å². The molecule has 1 aliphatic rings. The highest BCUT2D eigenvalue weighted by molar-refractivity contribution is 5.94. The van der Waals surface area contributed by atoms with Crippen molar-refractivity contribution in [3.8, 4) is 5.75 Å². The molecule has 9 nitrogen and oxygen atoms in total. The SMILES string of the molecule is COc1cc([N+](=O)[O-])ccc1NC(=O)CN(CCC1CCCCC1)CC(N)=O. The standard InChI is InChI=1S/C19H28N4O5/c1-28-17-11-15(23(26)27)7-8-16(17)21-19(25)13-22(12-18(20)24)10-9-14-5-3-2-4-6-14/h7-8,11,14H,2-6,9-10,12-13H2,1H3,(H2,20,24)(H,21,25). The lowest BCUT2D eigenvalue weighted by Crippen LogP contribution is -2.40. The normalized spacial score (nSPS) is 14.6. The van der Waals surface area contributed by atoms with Crippen molar-refractivity contribution in [1.29, 1.82) is 0 Å². The van der Waals surface area contributed by atoms with Gasteiger partial charge in [-0.3, -0.25) is 24.6 Å². The number of anilines is 1. The molecule has 0 radical (unpaired) electrons. The van der Waals surface area contributed by atoms with Gasteiger partial charge >= 0.3 is 0 Å². The maximum absolute atomic E-state index is 12.4. The first-order valence-corrected chi connectivity index (χ1v) is 9.52. The van der Waals surface area contributed by atoms with Crippen LogP contribution >= 0.6 is 0 Å². The minimum atomic E-state index is -0.534. The first kappa shape index (κ1) is 21.6. The molecule has 0 aliphatic heterocycles. The van der Waals surface area contributed by atoms with Crippen molar-refractivity contribution in [1.82, 2.24) is 4.90 Å². The van der Waals surface area contributed by atoms with Gasteiger partial charge < -0.3 is 15.8 Å². The Balaban J connectivity index is 1.96. The van der Waals surface area contributed by atoms with E-state index in [1.807, 2.05) is 0 Å². The Labute approximate surface area is 164 Å². The minimum Gasteiger partial charge on any atom is -0.494 e. The number of amides is 2. The Kier molecular flexibility index (Phi) is 8.19. The molecule has 3 N–H and O–H groups in total. The van der Waals surface area contributed by atoms with Crippen LogP contribution in [0.15, 0.2) is 18.2 Å². The molecule has 0 bridgehead atoms. The summed E-state index contributed by atoms with van der Waals surface area (Å²) >= 11 is 0. The number of hydrogen-bond acceptors (Lipinski definition) is 6. The van der Waals surface area contributed by atoms with Crippen molar-refractivity contribution in [2.24, 2.45) is 11.7 Å². The maximum Gasteiger partial charge on any atom is 0.273 e. The molecule has 154 valence electrons. The molecule has 1 fully saturated rings. The first-order valence-electron chi connectivity index (χ1n) is 9.52. The quantitative estimate of drug-likeness (QED) is 0.464. The van der Waals surface area contributed by atoms with E-state index in [0.29, 0.717) is 18.2 Å². The molecule has 0 atom stereocenters. The van der Waals surface area contributed by atoms with Crippen molar-refractivity contribution in [2.75, 3.05) is 32.1 Å². The zero-order valence-electron chi connectivity index (χ0n) is 16.2. The number of benzene rings is 1. The van der Waals surface area contributed by atoms with E-state index in [4.69, 9.17) is 10.5 Å². The average molecular weight is 392 g/mol. The molecule has 2 amide bonds. The fraction of sp³-hybridized carbons (Fsp3) is 0.579. The second-order valence-electron chi connectivity index (χ2n) is 7.16. The van der Waals surface area contributed by atoms with Gasteiger partial charge in [0.25, 0.3) is 5.69 Å². The van der Waals surface area contributed by atoms with Crippen LogP contribution in [0.2, 0.25) is 0 Å². The fourth-order valence-corrected chi connectivity index (χ4v) is 3.56. The summed E-state index contributed by atoms with van der Waals surface area (Å²) in [5, 5.41) is 13.6. The largest absolute Gasteiger partial charge is 0.494 e. The van der Waals surface area contributed by atoms with Crippen molar-refractivity contribution in [2.45, 2.75) is 38.5 Å². The van der Waals surface area contributed by atoms with Crippen molar-refractivity contribution in [3.63, 3.8) is 0 Å². The van der Waals surface area contributed by atoms with Crippen LogP contribution in [-0.2, 0) is 9.59 Å².